The number of pyridine rings is 1. The van der Waals surface area contributed by atoms with Gasteiger partial charge in [0.15, 0.2) is 0 Å². The molecule has 17 heavy (non-hydrogen) atoms. The summed E-state index contributed by atoms with van der Waals surface area (Å²) in [5.74, 6) is 0.749. The molecular formula is C14H20BrNO. The van der Waals surface area contributed by atoms with Crippen LogP contribution < -0.4 is 0 Å². The molecule has 3 heteroatoms. The molecule has 0 saturated heterocycles. The molecule has 2 unspecified atom stereocenters. The molecule has 1 heterocycles. The zero-order valence-electron chi connectivity index (χ0n) is 10.4. The normalized spacial score (nSPS) is 24.8. The van der Waals surface area contributed by atoms with Crippen LogP contribution in [-0.4, -0.2) is 11.1 Å². The number of hydrogen-bond acceptors (Lipinski definition) is 2. The van der Waals surface area contributed by atoms with E-state index in [0.29, 0.717) is 12.7 Å². The van der Waals surface area contributed by atoms with Gasteiger partial charge in [-0.05, 0) is 46.8 Å². The van der Waals surface area contributed by atoms with Crippen molar-refractivity contribution in [3.63, 3.8) is 0 Å². The van der Waals surface area contributed by atoms with Gasteiger partial charge in [0.1, 0.15) is 0 Å². The van der Waals surface area contributed by atoms with Crippen molar-refractivity contribution in [2.45, 2.75) is 51.7 Å². The summed E-state index contributed by atoms with van der Waals surface area (Å²) in [7, 11) is 0. The van der Waals surface area contributed by atoms with Crippen LogP contribution in [0.15, 0.2) is 22.8 Å². The van der Waals surface area contributed by atoms with Gasteiger partial charge in [-0.2, -0.15) is 0 Å². The summed E-state index contributed by atoms with van der Waals surface area (Å²) in [5.41, 5.74) is 1.02. The van der Waals surface area contributed by atoms with E-state index in [1.54, 1.807) is 0 Å². The van der Waals surface area contributed by atoms with E-state index in [1.165, 1.54) is 32.1 Å². The first-order valence-corrected chi connectivity index (χ1v) is 7.31. The molecule has 1 fully saturated rings. The van der Waals surface area contributed by atoms with Crippen molar-refractivity contribution in [3.8, 4) is 0 Å². The molecule has 1 aliphatic rings. The van der Waals surface area contributed by atoms with Gasteiger partial charge in [0, 0.05) is 10.7 Å². The molecule has 2 atom stereocenters. The van der Waals surface area contributed by atoms with Gasteiger partial charge in [0.25, 0.3) is 0 Å². The Bertz CT molecular complexity index is 339. The molecule has 2 rings (SSSR count). The first-order valence-electron chi connectivity index (χ1n) is 6.51. The van der Waals surface area contributed by atoms with Gasteiger partial charge in [-0.1, -0.05) is 26.2 Å². The highest BCUT2D eigenvalue weighted by Crippen LogP contribution is 2.29. The molecule has 0 bridgehead atoms. The minimum atomic E-state index is 0.444. The highest BCUT2D eigenvalue weighted by molar-refractivity contribution is 9.10. The molecule has 94 valence electrons. The fourth-order valence-corrected chi connectivity index (χ4v) is 2.78. The fraction of sp³-hybridized carbons (Fsp3) is 0.643. The highest BCUT2D eigenvalue weighted by Gasteiger charge is 2.24. The number of ether oxygens (including phenoxy) is 1. The summed E-state index contributed by atoms with van der Waals surface area (Å²) >= 11 is 3.39. The first-order chi connectivity index (χ1) is 8.29. The molecule has 0 spiro atoms. The van der Waals surface area contributed by atoms with E-state index in [9.17, 15) is 0 Å². The summed E-state index contributed by atoms with van der Waals surface area (Å²) in [6.07, 6.45) is 8.74. The van der Waals surface area contributed by atoms with Crippen molar-refractivity contribution in [1.82, 2.24) is 4.98 Å². The van der Waals surface area contributed by atoms with Gasteiger partial charge in [0.05, 0.1) is 18.4 Å². The Hall–Kier alpha value is -0.410. The zero-order valence-corrected chi connectivity index (χ0v) is 11.9. The predicted octanol–water partition coefficient (Wildman–Crippen LogP) is 4.33. The van der Waals surface area contributed by atoms with Crippen molar-refractivity contribution in [2.24, 2.45) is 5.92 Å². The molecule has 0 N–H and O–H groups in total. The van der Waals surface area contributed by atoms with Crippen molar-refractivity contribution in [1.29, 1.82) is 0 Å². The summed E-state index contributed by atoms with van der Waals surface area (Å²) in [4.78, 5) is 4.34. The molecule has 1 aromatic heterocycles. The number of halogens is 1. The Labute approximate surface area is 112 Å². The van der Waals surface area contributed by atoms with Gasteiger partial charge in [0.2, 0.25) is 0 Å². The lowest BCUT2D eigenvalue weighted by Gasteiger charge is -2.30. The first kappa shape index (κ1) is 13.0. The van der Waals surface area contributed by atoms with Crippen molar-refractivity contribution in [3.05, 3.63) is 28.5 Å². The van der Waals surface area contributed by atoms with Crippen LogP contribution in [0.2, 0.25) is 0 Å². The van der Waals surface area contributed by atoms with E-state index in [2.05, 4.69) is 27.8 Å². The molecule has 0 aliphatic heterocycles. The third-order valence-corrected chi connectivity index (χ3v) is 4.07. The summed E-state index contributed by atoms with van der Waals surface area (Å²) in [6, 6.07) is 4.04. The summed E-state index contributed by atoms with van der Waals surface area (Å²) in [5, 5.41) is 0. The topological polar surface area (TPSA) is 22.1 Å². The largest absolute Gasteiger partial charge is 0.372 e. The maximum atomic E-state index is 6.03. The van der Waals surface area contributed by atoms with Crippen LogP contribution in [0.25, 0.3) is 0 Å². The fourth-order valence-electron chi connectivity index (χ4n) is 2.54. The molecule has 0 aromatic carbocycles. The zero-order chi connectivity index (χ0) is 12.1. The molecular weight excluding hydrogens is 278 g/mol. The van der Waals surface area contributed by atoms with Gasteiger partial charge >= 0.3 is 0 Å². The SMILES string of the molecule is CCC1CCCCC1OCc1ccc(Br)cn1. The van der Waals surface area contributed by atoms with Crippen LogP contribution in [-0.2, 0) is 11.3 Å². The lowest BCUT2D eigenvalue weighted by Crippen LogP contribution is -2.27. The lowest BCUT2D eigenvalue weighted by molar-refractivity contribution is -0.0234. The van der Waals surface area contributed by atoms with E-state index < -0.39 is 0 Å². The van der Waals surface area contributed by atoms with Crippen molar-refractivity contribution < 1.29 is 4.74 Å². The van der Waals surface area contributed by atoms with E-state index >= 15 is 0 Å². The maximum Gasteiger partial charge on any atom is 0.0891 e. The number of rotatable bonds is 4. The highest BCUT2D eigenvalue weighted by atomic mass is 79.9. The van der Waals surface area contributed by atoms with Gasteiger partial charge in [-0.15, -0.1) is 0 Å². The molecule has 1 saturated carbocycles. The lowest BCUT2D eigenvalue weighted by atomic mass is 9.85. The van der Waals surface area contributed by atoms with E-state index in [4.69, 9.17) is 4.74 Å². The smallest absolute Gasteiger partial charge is 0.0891 e. The Kier molecular flexibility index (Phi) is 4.99. The standard InChI is InChI=1S/C14H20BrNO/c1-2-11-5-3-4-6-14(11)17-10-13-8-7-12(15)9-16-13/h7-9,11,14H,2-6,10H2,1H3. The number of hydrogen-bond donors (Lipinski definition) is 0. The van der Waals surface area contributed by atoms with Crippen molar-refractivity contribution in [2.75, 3.05) is 0 Å². The second kappa shape index (κ2) is 6.50. The molecule has 1 aliphatic carbocycles. The maximum absolute atomic E-state index is 6.03. The average molecular weight is 298 g/mol. The van der Waals surface area contributed by atoms with Crippen LogP contribution in [0.3, 0.4) is 0 Å². The molecule has 1 aromatic rings. The van der Waals surface area contributed by atoms with E-state index in [-0.39, 0.29) is 0 Å². The molecule has 0 amide bonds. The number of nitrogens with zero attached hydrogens (tertiary/aromatic N) is 1. The third-order valence-electron chi connectivity index (χ3n) is 3.60. The number of aromatic nitrogens is 1. The Morgan fingerprint density at radius 2 is 2.18 bits per heavy atom. The van der Waals surface area contributed by atoms with Gasteiger partial charge in [-0.3, -0.25) is 4.98 Å². The monoisotopic (exact) mass is 297 g/mol. The predicted molar refractivity (Wildman–Crippen MR) is 72.8 cm³/mol. The Balaban J connectivity index is 1.86. The minimum absolute atomic E-state index is 0.444. The Morgan fingerprint density at radius 1 is 1.35 bits per heavy atom. The summed E-state index contributed by atoms with van der Waals surface area (Å²) < 4.78 is 7.05. The van der Waals surface area contributed by atoms with Crippen LogP contribution in [0.1, 0.15) is 44.7 Å². The molecule has 2 nitrogen and oxygen atoms in total. The van der Waals surface area contributed by atoms with Gasteiger partial charge in [-0.25, -0.2) is 0 Å². The second-order valence-corrected chi connectivity index (χ2v) is 5.69. The quantitative estimate of drug-likeness (QED) is 0.825. The summed E-state index contributed by atoms with van der Waals surface area (Å²) in [6.45, 7) is 2.92. The van der Waals surface area contributed by atoms with Gasteiger partial charge < -0.3 is 4.74 Å². The van der Waals surface area contributed by atoms with Crippen molar-refractivity contribution >= 4 is 15.9 Å². The van der Waals surface area contributed by atoms with E-state index in [1.807, 2.05) is 18.3 Å². The average Bonchev–Trinajstić information content (AvgIpc) is 2.38. The van der Waals surface area contributed by atoms with Crippen LogP contribution in [0, 0.1) is 5.92 Å². The second-order valence-electron chi connectivity index (χ2n) is 4.77. The van der Waals surface area contributed by atoms with Crippen LogP contribution in [0.4, 0.5) is 0 Å². The third kappa shape index (κ3) is 3.78. The Morgan fingerprint density at radius 3 is 2.88 bits per heavy atom. The van der Waals surface area contributed by atoms with E-state index in [0.717, 1.165) is 16.1 Å². The molecule has 0 radical (unpaired) electrons. The van der Waals surface area contributed by atoms with Crippen LogP contribution in [0.5, 0.6) is 0 Å². The van der Waals surface area contributed by atoms with Crippen LogP contribution >= 0.6 is 15.9 Å². The minimum Gasteiger partial charge on any atom is -0.372 e.